The number of hydrogen-bond donors (Lipinski definition) is 2. The number of nitrogens with one attached hydrogen (secondary N) is 1. The van der Waals surface area contributed by atoms with Crippen LogP contribution in [-0.4, -0.2) is 31.7 Å². The van der Waals surface area contributed by atoms with Gasteiger partial charge in [-0.15, -0.1) is 0 Å². The first-order valence-electron chi connectivity index (χ1n) is 4.80. The summed E-state index contributed by atoms with van der Waals surface area (Å²) in [6, 6.07) is 0. The minimum absolute atomic E-state index is 0.305. The Morgan fingerprint density at radius 2 is 2.46 bits per heavy atom. The minimum atomic E-state index is -0.656. The smallest absolute Gasteiger partial charge is 0.249 e. The first kappa shape index (κ1) is 10.5. The topological polar surface area (TPSA) is 64.3 Å². The zero-order chi connectivity index (χ0) is 9.73. The maximum Gasteiger partial charge on any atom is 0.249 e. The summed E-state index contributed by atoms with van der Waals surface area (Å²) in [5.41, 5.74) is 4.67. The van der Waals surface area contributed by atoms with E-state index in [0.29, 0.717) is 6.61 Å². The average molecular weight is 186 g/mol. The Balaban J connectivity index is 2.43. The zero-order valence-electron chi connectivity index (χ0n) is 8.14. The molecule has 1 atom stereocenters. The second-order valence-electron chi connectivity index (χ2n) is 3.52. The van der Waals surface area contributed by atoms with E-state index in [9.17, 15) is 4.79 Å². The molecule has 1 unspecified atom stereocenters. The van der Waals surface area contributed by atoms with Crippen molar-refractivity contribution >= 4 is 5.91 Å². The van der Waals surface area contributed by atoms with E-state index >= 15 is 0 Å². The Kier molecular flexibility index (Phi) is 3.69. The van der Waals surface area contributed by atoms with Crippen LogP contribution in [0.4, 0.5) is 0 Å². The molecule has 0 radical (unpaired) electrons. The monoisotopic (exact) mass is 186 g/mol. The third kappa shape index (κ3) is 2.42. The molecule has 3 N–H and O–H groups in total. The number of rotatable bonds is 5. The molecule has 0 aromatic carbocycles. The fourth-order valence-electron chi connectivity index (χ4n) is 1.76. The molecule has 0 spiro atoms. The maximum absolute atomic E-state index is 11.2. The van der Waals surface area contributed by atoms with Crippen molar-refractivity contribution in [2.24, 2.45) is 5.73 Å². The summed E-state index contributed by atoms with van der Waals surface area (Å²) in [7, 11) is 1.90. The van der Waals surface area contributed by atoms with Crippen LogP contribution in [0.1, 0.15) is 25.7 Å². The van der Waals surface area contributed by atoms with Gasteiger partial charge in [-0.05, 0) is 39.3 Å². The second kappa shape index (κ2) is 4.58. The van der Waals surface area contributed by atoms with Crippen LogP contribution < -0.4 is 11.1 Å². The Bertz CT molecular complexity index is 176. The van der Waals surface area contributed by atoms with E-state index in [1.54, 1.807) is 0 Å². The first-order chi connectivity index (χ1) is 6.21. The molecule has 1 rings (SSSR count). The molecule has 76 valence electrons. The van der Waals surface area contributed by atoms with Crippen molar-refractivity contribution in [1.82, 2.24) is 5.32 Å². The Hall–Kier alpha value is -0.610. The minimum Gasteiger partial charge on any atom is -0.367 e. The third-order valence-corrected chi connectivity index (χ3v) is 2.56. The highest BCUT2D eigenvalue weighted by molar-refractivity contribution is 5.83. The van der Waals surface area contributed by atoms with E-state index in [0.717, 1.165) is 32.2 Å². The second-order valence-corrected chi connectivity index (χ2v) is 3.52. The lowest BCUT2D eigenvalue weighted by molar-refractivity contribution is -0.138. The van der Waals surface area contributed by atoms with Gasteiger partial charge < -0.3 is 15.8 Å². The van der Waals surface area contributed by atoms with Gasteiger partial charge in [0.15, 0.2) is 0 Å². The number of ether oxygens (including phenoxy) is 1. The maximum atomic E-state index is 11.2. The van der Waals surface area contributed by atoms with Crippen LogP contribution in [0.15, 0.2) is 0 Å². The van der Waals surface area contributed by atoms with Crippen LogP contribution in [0.25, 0.3) is 0 Å². The van der Waals surface area contributed by atoms with Gasteiger partial charge in [-0.2, -0.15) is 0 Å². The van der Waals surface area contributed by atoms with Crippen LogP contribution in [-0.2, 0) is 9.53 Å². The summed E-state index contributed by atoms with van der Waals surface area (Å²) < 4.78 is 5.45. The summed E-state index contributed by atoms with van der Waals surface area (Å²) in [5, 5.41) is 3.04. The summed E-state index contributed by atoms with van der Waals surface area (Å²) in [6.45, 7) is 1.57. The Morgan fingerprint density at radius 1 is 1.69 bits per heavy atom. The van der Waals surface area contributed by atoms with E-state index in [1.165, 1.54) is 0 Å². The molecule has 1 saturated heterocycles. The Morgan fingerprint density at radius 3 is 2.92 bits per heavy atom. The molecule has 0 aromatic rings. The highest BCUT2D eigenvalue weighted by atomic mass is 16.5. The van der Waals surface area contributed by atoms with Crippen molar-refractivity contribution < 1.29 is 9.53 Å². The number of nitrogens with two attached hydrogens (primary N) is 1. The van der Waals surface area contributed by atoms with Crippen molar-refractivity contribution in [3.63, 3.8) is 0 Å². The van der Waals surface area contributed by atoms with Gasteiger partial charge in [0.05, 0.1) is 0 Å². The van der Waals surface area contributed by atoms with Crippen LogP contribution in [0.3, 0.4) is 0 Å². The molecule has 0 bridgehead atoms. The molecule has 0 aromatic heterocycles. The lowest BCUT2D eigenvalue weighted by atomic mass is 9.93. The fourth-order valence-corrected chi connectivity index (χ4v) is 1.76. The van der Waals surface area contributed by atoms with E-state index < -0.39 is 5.60 Å². The number of carbonyl (C=O) groups is 1. The van der Waals surface area contributed by atoms with E-state index in [4.69, 9.17) is 10.5 Å². The highest BCUT2D eigenvalue weighted by Crippen LogP contribution is 2.29. The average Bonchev–Trinajstić information content (AvgIpc) is 2.55. The van der Waals surface area contributed by atoms with E-state index in [2.05, 4.69) is 5.32 Å². The first-order valence-corrected chi connectivity index (χ1v) is 4.80. The van der Waals surface area contributed by atoms with Crippen molar-refractivity contribution in [1.29, 1.82) is 0 Å². The molecular formula is C9H18N2O2. The number of primary amides is 1. The van der Waals surface area contributed by atoms with Gasteiger partial charge in [-0.25, -0.2) is 0 Å². The molecule has 1 fully saturated rings. The van der Waals surface area contributed by atoms with Gasteiger partial charge in [-0.1, -0.05) is 0 Å². The van der Waals surface area contributed by atoms with Gasteiger partial charge in [-0.3, -0.25) is 4.79 Å². The standard InChI is InChI=1S/C9H18N2O2/c1-11-6-2-4-9(8(10)12)5-3-7-13-9/h11H,2-7H2,1H3,(H2,10,12). The fraction of sp³-hybridized carbons (Fsp3) is 0.889. The molecule has 4 heteroatoms. The van der Waals surface area contributed by atoms with Gasteiger partial charge in [0.2, 0.25) is 5.91 Å². The lowest BCUT2D eigenvalue weighted by Crippen LogP contribution is -2.43. The van der Waals surface area contributed by atoms with Gasteiger partial charge in [0, 0.05) is 6.61 Å². The molecule has 1 aliphatic heterocycles. The molecule has 13 heavy (non-hydrogen) atoms. The van der Waals surface area contributed by atoms with Crippen LogP contribution in [0.5, 0.6) is 0 Å². The summed E-state index contributed by atoms with van der Waals surface area (Å²) in [5.74, 6) is -0.305. The molecular weight excluding hydrogens is 168 g/mol. The number of hydrogen-bond acceptors (Lipinski definition) is 3. The molecule has 4 nitrogen and oxygen atoms in total. The predicted octanol–water partition coefficient (Wildman–Crippen LogP) is 0.0205. The summed E-state index contributed by atoms with van der Waals surface area (Å²) in [4.78, 5) is 11.2. The van der Waals surface area contributed by atoms with E-state index in [-0.39, 0.29) is 5.91 Å². The van der Waals surface area contributed by atoms with Gasteiger partial charge in [0.25, 0.3) is 0 Å². The molecule has 0 saturated carbocycles. The molecule has 1 aliphatic rings. The summed E-state index contributed by atoms with van der Waals surface area (Å²) in [6.07, 6.45) is 3.40. The number of amides is 1. The zero-order valence-corrected chi connectivity index (χ0v) is 8.14. The largest absolute Gasteiger partial charge is 0.367 e. The predicted molar refractivity (Wildman–Crippen MR) is 50.3 cm³/mol. The third-order valence-electron chi connectivity index (χ3n) is 2.56. The SMILES string of the molecule is CNCCCC1(C(N)=O)CCCO1. The van der Waals surface area contributed by atoms with Crippen molar-refractivity contribution in [3.05, 3.63) is 0 Å². The Labute approximate surface area is 78.8 Å². The van der Waals surface area contributed by atoms with Gasteiger partial charge >= 0.3 is 0 Å². The normalized spacial score (nSPS) is 27.8. The quantitative estimate of drug-likeness (QED) is 0.595. The number of carbonyl (C=O) groups excluding carboxylic acids is 1. The highest BCUT2D eigenvalue weighted by Gasteiger charge is 2.40. The summed E-state index contributed by atoms with van der Waals surface area (Å²) >= 11 is 0. The molecule has 1 amide bonds. The lowest BCUT2D eigenvalue weighted by Gasteiger charge is -2.24. The molecule has 0 aliphatic carbocycles. The van der Waals surface area contributed by atoms with E-state index in [1.807, 2.05) is 7.05 Å². The van der Waals surface area contributed by atoms with Crippen molar-refractivity contribution in [2.45, 2.75) is 31.3 Å². The van der Waals surface area contributed by atoms with Crippen LogP contribution >= 0.6 is 0 Å². The molecule has 1 heterocycles. The van der Waals surface area contributed by atoms with Crippen LogP contribution in [0, 0.1) is 0 Å². The van der Waals surface area contributed by atoms with Crippen molar-refractivity contribution in [3.8, 4) is 0 Å². The van der Waals surface area contributed by atoms with Gasteiger partial charge in [0.1, 0.15) is 5.60 Å². The van der Waals surface area contributed by atoms with Crippen molar-refractivity contribution in [2.75, 3.05) is 20.2 Å². The van der Waals surface area contributed by atoms with Crippen LogP contribution in [0.2, 0.25) is 0 Å².